The normalized spacial score (nSPS) is 14.4. The molecule has 0 radical (unpaired) electrons. The average Bonchev–Trinajstić information content (AvgIpc) is 3.25. The third-order valence-electron chi connectivity index (χ3n) is 3.19. The molecule has 5 heteroatoms. The maximum absolute atomic E-state index is 5.64. The van der Waals surface area contributed by atoms with Gasteiger partial charge in [0.05, 0.1) is 6.61 Å². The molecule has 0 spiro atoms. The number of rotatable bonds is 9. The first kappa shape index (κ1) is 14.1. The van der Waals surface area contributed by atoms with Gasteiger partial charge < -0.3 is 15.0 Å². The van der Waals surface area contributed by atoms with E-state index >= 15 is 0 Å². The highest BCUT2D eigenvalue weighted by Crippen LogP contribution is 2.28. The molecule has 0 atom stereocenters. The second-order valence-electron chi connectivity index (χ2n) is 5.11. The van der Waals surface area contributed by atoms with Gasteiger partial charge in [0.2, 0.25) is 5.95 Å². The summed E-state index contributed by atoms with van der Waals surface area (Å²) in [5.41, 5.74) is 0. The Morgan fingerprint density at radius 2 is 2.32 bits per heavy atom. The zero-order valence-corrected chi connectivity index (χ0v) is 11.9. The smallest absolute Gasteiger partial charge is 0.224 e. The molecule has 1 fully saturated rings. The number of nitrogens with zero attached hydrogens (tertiary/aromatic N) is 3. The lowest BCUT2D eigenvalue weighted by molar-refractivity contribution is 0.131. The Morgan fingerprint density at radius 1 is 1.47 bits per heavy atom. The summed E-state index contributed by atoms with van der Waals surface area (Å²) in [4.78, 5) is 10.8. The Morgan fingerprint density at radius 3 is 3.05 bits per heavy atom. The molecule has 0 unspecified atom stereocenters. The number of hydrogen-bond donors (Lipinski definition) is 1. The molecule has 1 aromatic heterocycles. The summed E-state index contributed by atoms with van der Waals surface area (Å²) in [5.74, 6) is 2.46. The molecule has 1 saturated carbocycles. The topological polar surface area (TPSA) is 50.3 Å². The van der Waals surface area contributed by atoms with Gasteiger partial charge in [-0.2, -0.15) is 4.98 Å². The van der Waals surface area contributed by atoms with Gasteiger partial charge in [-0.15, -0.1) is 0 Å². The molecule has 106 valence electrons. The van der Waals surface area contributed by atoms with Crippen LogP contribution in [-0.2, 0) is 4.74 Å². The van der Waals surface area contributed by atoms with Crippen LogP contribution in [0, 0.1) is 5.92 Å². The SMILES string of the molecule is CCCNc1nccc(N(C)CCOCC2CC2)n1. The number of nitrogens with one attached hydrogen (secondary N) is 1. The molecule has 1 heterocycles. The van der Waals surface area contributed by atoms with E-state index in [2.05, 4.69) is 27.1 Å². The molecule has 0 amide bonds. The minimum absolute atomic E-state index is 0.699. The maximum atomic E-state index is 5.64. The Balaban J connectivity index is 1.74. The lowest BCUT2D eigenvalue weighted by Gasteiger charge is -2.18. The predicted octanol–water partition coefficient (Wildman–Crippen LogP) is 2.16. The standard InChI is InChI=1S/C14H24N4O/c1-3-7-15-14-16-8-6-13(17-14)18(2)9-10-19-11-12-4-5-12/h6,8,12H,3-5,7,9-11H2,1-2H3,(H,15,16,17). The van der Waals surface area contributed by atoms with E-state index < -0.39 is 0 Å². The van der Waals surface area contributed by atoms with Crippen LogP contribution in [0.1, 0.15) is 26.2 Å². The summed E-state index contributed by atoms with van der Waals surface area (Å²) in [5, 5.41) is 3.20. The van der Waals surface area contributed by atoms with Crippen LogP contribution >= 0.6 is 0 Å². The van der Waals surface area contributed by atoms with Gasteiger partial charge in [0, 0.05) is 32.9 Å². The van der Waals surface area contributed by atoms with Crippen molar-refractivity contribution >= 4 is 11.8 Å². The fourth-order valence-corrected chi connectivity index (χ4v) is 1.73. The lowest BCUT2D eigenvalue weighted by atomic mass is 10.4. The van der Waals surface area contributed by atoms with Crippen LogP contribution in [0.25, 0.3) is 0 Å². The van der Waals surface area contributed by atoms with Crippen molar-refractivity contribution in [3.05, 3.63) is 12.3 Å². The number of ether oxygens (including phenoxy) is 1. The van der Waals surface area contributed by atoms with Crippen molar-refractivity contribution in [1.82, 2.24) is 9.97 Å². The Labute approximate surface area is 115 Å². The average molecular weight is 264 g/mol. The van der Waals surface area contributed by atoms with Crippen LogP contribution in [0.5, 0.6) is 0 Å². The molecule has 0 bridgehead atoms. The zero-order valence-electron chi connectivity index (χ0n) is 11.9. The minimum Gasteiger partial charge on any atom is -0.379 e. The number of anilines is 2. The summed E-state index contributed by atoms with van der Waals surface area (Å²) in [6.45, 7) is 5.56. The second-order valence-corrected chi connectivity index (χ2v) is 5.11. The van der Waals surface area contributed by atoms with E-state index in [1.807, 2.05) is 13.1 Å². The fourth-order valence-electron chi connectivity index (χ4n) is 1.73. The summed E-state index contributed by atoms with van der Waals surface area (Å²) in [7, 11) is 2.03. The van der Waals surface area contributed by atoms with Gasteiger partial charge in [0.1, 0.15) is 5.82 Å². The number of likely N-dealkylation sites (N-methyl/N-ethyl adjacent to an activating group) is 1. The Bertz CT molecular complexity index is 381. The molecule has 5 nitrogen and oxygen atoms in total. The lowest BCUT2D eigenvalue weighted by Crippen LogP contribution is -2.24. The largest absolute Gasteiger partial charge is 0.379 e. The second kappa shape index (κ2) is 7.28. The fraction of sp³-hybridized carbons (Fsp3) is 0.714. The molecule has 1 aliphatic rings. The first-order valence-electron chi connectivity index (χ1n) is 7.15. The first-order valence-corrected chi connectivity index (χ1v) is 7.15. The van der Waals surface area contributed by atoms with Gasteiger partial charge in [0.15, 0.2) is 0 Å². The van der Waals surface area contributed by atoms with E-state index in [4.69, 9.17) is 4.74 Å². The highest BCUT2D eigenvalue weighted by Gasteiger charge is 2.20. The van der Waals surface area contributed by atoms with Crippen LogP contribution in [-0.4, -0.2) is 43.3 Å². The molecular formula is C14H24N4O. The molecular weight excluding hydrogens is 240 g/mol. The van der Waals surface area contributed by atoms with E-state index in [-0.39, 0.29) is 0 Å². The molecule has 2 rings (SSSR count). The van der Waals surface area contributed by atoms with E-state index in [0.717, 1.165) is 44.5 Å². The minimum atomic E-state index is 0.699. The quantitative estimate of drug-likeness (QED) is 0.693. The van der Waals surface area contributed by atoms with Crippen LogP contribution < -0.4 is 10.2 Å². The zero-order chi connectivity index (χ0) is 13.5. The van der Waals surface area contributed by atoms with Gasteiger partial charge in [-0.1, -0.05) is 6.92 Å². The molecule has 0 saturated heterocycles. The van der Waals surface area contributed by atoms with Crippen molar-refractivity contribution < 1.29 is 4.74 Å². The molecule has 1 aliphatic carbocycles. The maximum Gasteiger partial charge on any atom is 0.224 e. The van der Waals surface area contributed by atoms with Crippen molar-refractivity contribution in [2.75, 3.05) is 43.6 Å². The summed E-state index contributed by atoms with van der Waals surface area (Å²) >= 11 is 0. The Kier molecular flexibility index (Phi) is 5.39. The summed E-state index contributed by atoms with van der Waals surface area (Å²) < 4.78 is 5.64. The van der Waals surface area contributed by atoms with Crippen molar-refractivity contribution in [2.24, 2.45) is 5.92 Å². The molecule has 19 heavy (non-hydrogen) atoms. The van der Waals surface area contributed by atoms with Gasteiger partial charge in [0.25, 0.3) is 0 Å². The monoisotopic (exact) mass is 264 g/mol. The summed E-state index contributed by atoms with van der Waals surface area (Å²) in [6.07, 6.45) is 5.54. The van der Waals surface area contributed by atoms with Gasteiger partial charge in [-0.25, -0.2) is 4.98 Å². The highest BCUT2D eigenvalue weighted by molar-refractivity contribution is 5.41. The number of hydrogen-bond acceptors (Lipinski definition) is 5. The van der Waals surface area contributed by atoms with Gasteiger partial charge in [-0.3, -0.25) is 0 Å². The van der Waals surface area contributed by atoms with Gasteiger partial charge >= 0.3 is 0 Å². The van der Waals surface area contributed by atoms with E-state index in [1.165, 1.54) is 12.8 Å². The highest BCUT2D eigenvalue weighted by atomic mass is 16.5. The summed E-state index contributed by atoms with van der Waals surface area (Å²) in [6, 6.07) is 1.93. The molecule has 1 N–H and O–H groups in total. The van der Waals surface area contributed by atoms with E-state index in [1.54, 1.807) is 6.20 Å². The van der Waals surface area contributed by atoms with Crippen molar-refractivity contribution in [3.8, 4) is 0 Å². The number of aromatic nitrogens is 2. The van der Waals surface area contributed by atoms with Gasteiger partial charge in [-0.05, 0) is 31.2 Å². The van der Waals surface area contributed by atoms with E-state index in [9.17, 15) is 0 Å². The first-order chi connectivity index (χ1) is 9.29. The third kappa shape index (κ3) is 5.03. The van der Waals surface area contributed by atoms with Crippen molar-refractivity contribution in [2.45, 2.75) is 26.2 Å². The van der Waals surface area contributed by atoms with Crippen LogP contribution in [0.3, 0.4) is 0 Å². The van der Waals surface area contributed by atoms with Crippen molar-refractivity contribution in [3.63, 3.8) is 0 Å². The van der Waals surface area contributed by atoms with Crippen LogP contribution in [0.15, 0.2) is 12.3 Å². The van der Waals surface area contributed by atoms with Crippen LogP contribution in [0.2, 0.25) is 0 Å². The Hall–Kier alpha value is -1.36. The van der Waals surface area contributed by atoms with Crippen LogP contribution in [0.4, 0.5) is 11.8 Å². The predicted molar refractivity (Wildman–Crippen MR) is 77.6 cm³/mol. The third-order valence-corrected chi connectivity index (χ3v) is 3.19. The molecule has 1 aromatic rings. The molecule has 0 aliphatic heterocycles. The molecule has 0 aromatic carbocycles. The van der Waals surface area contributed by atoms with Crippen molar-refractivity contribution in [1.29, 1.82) is 0 Å². The van der Waals surface area contributed by atoms with E-state index in [0.29, 0.717) is 5.95 Å².